The Labute approximate surface area is 152 Å². The van der Waals surface area contributed by atoms with E-state index in [4.69, 9.17) is 0 Å². The number of aromatic hydroxyl groups is 2. The molecule has 6 heteroatoms. The summed E-state index contributed by atoms with van der Waals surface area (Å²) in [5.41, 5.74) is 1.12. The predicted octanol–water partition coefficient (Wildman–Crippen LogP) is 3.83. The Morgan fingerprint density at radius 2 is 1.88 bits per heavy atom. The van der Waals surface area contributed by atoms with E-state index in [1.165, 1.54) is 12.1 Å². The van der Waals surface area contributed by atoms with Crippen LogP contribution in [0.2, 0.25) is 0 Å². The van der Waals surface area contributed by atoms with Gasteiger partial charge in [-0.2, -0.15) is 0 Å². The van der Waals surface area contributed by atoms with Crippen molar-refractivity contribution in [2.45, 2.75) is 45.4 Å². The van der Waals surface area contributed by atoms with Crippen LogP contribution >= 0.6 is 0 Å². The van der Waals surface area contributed by atoms with Crippen LogP contribution in [0.15, 0.2) is 29.9 Å². The van der Waals surface area contributed by atoms with Gasteiger partial charge in [0.1, 0.15) is 17.1 Å². The maximum atomic E-state index is 11.7. The van der Waals surface area contributed by atoms with Gasteiger partial charge in [-0.3, -0.25) is 0 Å². The number of benzene rings is 1. The summed E-state index contributed by atoms with van der Waals surface area (Å²) in [6.07, 6.45) is 3.39. The van der Waals surface area contributed by atoms with E-state index >= 15 is 0 Å². The van der Waals surface area contributed by atoms with E-state index in [0.717, 1.165) is 5.57 Å². The molecule has 0 heterocycles. The van der Waals surface area contributed by atoms with Crippen molar-refractivity contribution in [2.24, 2.45) is 5.92 Å². The van der Waals surface area contributed by atoms with Crippen LogP contribution in [0.25, 0.3) is 0 Å². The van der Waals surface area contributed by atoms with Gasteiger partial charge in [0.15, 0.2) is 0 Å². The quantitative estimate of drug-likeness (QED) is 0.573. The van der Waals surface area contributed by atoms with Crippen molar-refractivity contribution in [3.8, 4) is 11.5 Å². The zero-order valence-electron chi connectivity index (χ0n) is 15.0. The number of phenolic OH excluding ortho intramolecular Hbond substituents is 1. The highest BCUT2D eigenvalue weighted by Gasteiger charge is 2.34. The summed E-state index contributed by atoms with van der Waals surface area (Å²) in [7, 11) is 0. The average molecular weight is 360 g/mol. The lowest BCUT2D eigenvalue weighted by atomic mass is 9.73. The first-order valence-electron chi connectivity index (χ1n) is 8.59. The molecule has 0 saturated carbocycles. The second kappa shape index (κ2) is 7.64. The highest BCUT2D eigenvalue weighted by Crippen LogP contribution is 2.48. The van der Waals surface area contributed by atoms with Crippen LogP contribution in [0.4, 0.5) is 0 Å². The van der Waals surface area contributed by atoms with Crippen LogP contribution in [0, 0.1) is 5.92 Å². The minimum atomic E-state index is -1.28. The van der Waals surface area contributed by atoms with E-state index in [9.17, 15) is 30.0 Å². The van der Waals surface area contributed by atoms with E-state index in [2.05, 4.69) is 6.58 Å². The summed E-state index contributed by atoms with van der Waals surface area (Å²) >= 11 is 0. The van der Waals surface area contributed by atoms with Crippen molar-refractivity contribution < 1.29 is 30.0 Å². The van der Waals surface area contributed by atoms with Crippen molar-refractivity contribution in [1.82, 2.24) is 0 Å². The second-order valence-electron chi connectivity index (χ2n) is 6.76. The molecule has 1 aromatic rings. The van der Waals surface area contributed by atoms with Gasteiger partial charge in [-0.1, -0.05) is 31.6 Å². The molecule has 0 unspecified atom stereocenters. The van der Waals surface area contributed by atoms with Gasteiger partial charge in [-0.25, -0.2) is 9.59 Å². The molecule has 1 aromatic carbocycles. The SMILES string of the molecule is C=C(C)[C@@H]1CCC(C(=O)O)=C[C@H]1c1c(O)cc(CCC)c(C(=O)O)c1O. The Kier molecular flexibility index (Phi) is 5.75. The molecule has 0 fully saturated rings. The molecular formula is C20H24O6. The third-order valence-electron chi connectivity index (χ3n) is 4.91. The zero-order valence-corrected chi connectivity index (χ0v) is 15.0. The molecule has 4 N–H and O–H groups in total. The number of carboxylic acids is 2. The van der Waals surface area contributed by atoms with Crippen molar-refractivity contribution >= 4 is 11.9 Å². The van der Waals surface area contributed by atoms with Crippen molar-refractivity contribution in [3.05, 3.63) is 46.6 Å². The third kappa shape index (κ3) is 3.59. The van der Waals surface area contributed by atoms with Crippen LogP contribution in [0.3, 0.4) is 0 Å². The van der Waals surface area contributed by atoms with Crippen LogP contribution in [0.1, 0.15) is 60.5 Å². The first kappa shape index (κ1) is 19.6. The van der Waals surface area contributed by atoms with E-state index in [0.29, 0.717) is 31.2 Å². The lowest BCUT2D eigenvalue weighted by Crippen LogP contribution is -2.21. The number of rotatable bonds is 6. The fourth-order valence-electron chi connectivity index (χ4n) is 3.68. The molecule has 0 bridgehead atoms. The van der Waals surface area contributed by atoms with Crippen molar-refractivity contribution in [3.63, 3.8) is 0 Å². The van der Waals surface area contributed by atoms with Gasteiger partial charge in [-0.15, -0.1) is 0 Å². The average Bonchev–Trinajstić information content (AvgIpc) is 2.54. The van der Waals surface area contributed by atoms with Crippen molar-refractivity contribution in [1.29, 1.82) is 0 Å². The number of carboxylic acid groups (broad SMARTS) is 2. The summed E-state index contributed by atoms with van der Waals surface area (Å²) in [6.45, 7) is 7.60. The zero-order chi connectivity index (χ0) is 19.6. The summed E-state index contributed by atoms with van der Waals surface area (Å²) in [6, 6.07) is 1.36. The van der Waals surface area contributed by atoms with Gasteiger partial charge < -0.3 is 20.4 Å². The van der Waals surface area contributed by atoms with Crippen LogP contribution in [-0.4, -0.2) is 32.4 Å². The monoisotopic (exact) mass is 360 g/mol. The highest BCUT2D eigenvalue weighted by atomic mass is 16.4. The number of aryl methyl sites for hydroxylation is 1. The molecule has 0 radical (unpaired) electrons. The molecule has 0 saturated heterocycles. The topological polar surface area (TPSA) is 115 Å². The van der Waals surface area contributed by atoms with E-state index in [1.54, 1.807) is 6.92 Å². The third-order valence-corrected chi connectivity index (χ3v) is 4.91. The fraction of sp³-hybridized carbons (Fsp3) is 0.400. The molecule has 140 valence electrons. The Hall–Kier alpha value is -2.76. The van der Waals surface area contributed by atoms with E-state index < -0.39 is 23.6 Å². The van der Waals surface area contributed by atoms with Gasteiger partial charge in [0.05, 0.1) is 0 Å². The summed E-state index contributed by atoms with van der Waals surface area (Å²) < 4.78 is 0. The molecule has 1 aliphatic rings. The minimum Gasteiger partial charge on any atom is -0.507 e. The van der Waals surface area contributed by atoms with Gasteiger partial charge >= 0.3 is 11.9 Å². The molecule has 26 heavy (non-hydrogen) atoms. The number of hydrogen-bond donors (Lipinski definition) is 4. The summed E-state index contributed by atoms with van der Waals surface area (Å²) in [5, 5.41) is 40.0. The largest absolute Gasteiger partial charge is 0.507 e. The maximum Gasteiger partial charge on any atom is 0.339 e. The first-order valence-corrected chi connectivity index (χ1v) is 8.59. The Balaban J connectivity index is 2.72. The van der Waals surface area contributed by atoms with Crippen LogP contribution < -0.4 is 0 Å². The van der Waals surface area contributed by atoms with Gasteiger partial charge in [0.2, 0.25) is 0 Å². The van der Waals surface area contributed by atoms with Crippen molar-refractivity contribution in [2.75, 3.05) is 0 Å². The minimum absolute atomic E-state index is 0.0497. The first-order chi connectivity index (χ1) is 12.2. The van der Waals surface area contributed by atoms with Crippen LogP contribution in [-0.2, 0) is 11.2 Å². The second-order valence-corrected chi connectivity index (χ2v) is 6.76. The smallest absolute Gasteiger partial charge is 0.339 e. The Morgan fingerprint density at radius 3 is 2.38 bits per heavy atom. The molecular weight excluding hydrogens is 336 g/mol. The molecule has 0 aliphatic heterocycles. The van der Waals surface area contributed by atoms with E-state index in [-0.39, 0.29) is 28.4 Å². The molecule has 1 aliphatic carbocycles. The van der Waals surface area contributed by atoms with E-state index in [1.807, 2.05) is 6.92 Å². The standard InChI is InChI=1S/C20H24O6/c1-4-5-11-9-15(21)17(18(22)16(11)20(25)26)14-8-12(19(23)24)6-7-13(14)10(2)3/h8-9,13-14,21-22H,2,4-7H2,1,3H3,(H,23,24)(H,25,26)/t13-,14+/m0/s1. The molecule has 2 atom stereocenters. The number of allylic oxidation sites excluding steroid dienone is 2. The summed E-state index contributed by atoms with van der Waals surface area (Å²) in [4.78, 5) is 23.1. The normalized spacial score (nSPS) is 19.7. The maximum absolute atomic E-state index is 11.7. The molecule has 6 nitrogen and oxygen atoms in total. The number of phenols is 2. The van der Waals surface area contributed by atoms with Gasteiger partial charge in [0, 0.05) is 17.1 Å². The highest BCUT2D eigenvalue weighted by molar-refractivity contribution is 5.94. The summed E-state index contributed by atoms with van der Waals surface area (Å²) in [5.74, 6) is -3.92. The Morgan fingerprint density at radius 1 is 1.23 bits per heavy atom. The number of carbonyl (C=O) groups is 2. The number of aromatic carboxylic acids is 1. The predicted molar refractivity (Wildman–Crippen MR) is 96.7 cm³/mol. The lowest BCUT2D eigenvalue weighted by Gasteiger charge is -2.31. The molecule has 2 rings (SSSR count). The van der Waals surface area contributed by atoms with Crippen LogP contribution in [0.5, 0.6) is 11.5 Å². The fourth-order valence-corrected chi connectivity index (χ4v) is 3.68. The molecule has 0 amide bonds. The number of aliphatic carboxylic acids is 1. The molecule has 0 spiro atoms. The van der Waals surface area contributed by atoms with Gasteiger partial charge in [0.25, 0.3) is 0 Å². The Bertz CT molecular complexity index is 790. The van der Waals surface area contributed by atoms with Gasteiger partial charge in [-0.05, 0) is 43.7 Å². The molecule has 0 aromatic heterocycles. The number of hydrogen-bond acceptors (Lipinski definition) is 4. The lowest BCUT2D eigenvalue weighted by molar-refractivity contribution is -0.133.